The lowest BCUT2D eigenvalue weighted by Crippen LogP contribution is -2.19. The number of ether oxygens (including phenoxy) is 1. The fraction of sp³-hybridized carbons (Fsp3) is 0.321. The number of nitriles is 1. The Morgan fingerprint density at radius 3 is 2.86 bits per heavy atom. The first-order chi connectivity index (χ1) is 17.6. The van der Waals surface area contributed by atoms with Crippen molar-refractivity contribution in [3.05, 3.63) is 77.0 Å². The first-order valence-electron chi connectivity index (χ1n) is 12.4. The first-order valence-corrected chi connectivity index (χ1v) is 12.4. The van der Waals surface area contributed by atoms with Crippen LogP contribution in [0.4, 0.5) is 10.3 Å². The Morgan fingerprint density at radius 2 is 2.08 bits per heavy atom. The van der Waals surface area contributed by atoms with E-state index in [1.165, 1.54) is 18.1 Å². The SMILES string of the molecule is CC1CCN(Cc2ccc(-c3cnc(NCc4c(F)ccc5c4CCO5)n4cc(C#N)nc34)cc2)C1. The zero-order chi connectivity index (χ0) is 24.6. The average Bonchev–Trinajstić information content (AvgIpc) is 3.63. The number of hydrogen-bond donors (Lipinski definition) is 1. The quantitative estimate of drug-likeness (QED) is 0.426. The molecule has 0 aliphatic carbocycles. The number of halogens is 1. The summed E-state index contributed by atoms with van der Waals surface area (Å²) in [7, 11) is 0. The van der Waals surface area contributed by atoms with Crippen LogP contribution in [0.1, 0.15) is 35.7 Å². The minimum absolute atomic E-state index is 0.254. The number of nitrogens with one attached hydrogen (secondary N) is 1. The largest absolute Gasteiger partial charge is 0.493 e. The molecule has 2 aliphatic heterocycles. The third-order valence-corrected chi connectivity index (χ3v) is 7.15. The summed E-state index contributed by atoms with van der Waals surface area (Å²) in [6.07, 6.45) is 5.36. The molecule has 6 rings (SSSR count). The average molecular weight is 483 g/mol. The second kappa shape index (κ2) is 9.25. The summed E-state index contributed by atoms with van der Waals surface area (Å²) in [4.78, 5) is 11.6. The molecule has 4 heterocycles. The minimum Gasteiger partial charge on any atom is -0.493 e. The summed E-state index contributed by atoms with van der Waals surface area (Å²) in [5.41, 5.74) is 5.49. The number of benzene rings is 2. The van der Waals surface area contributed by atoms with E-state index in [9.17, 15) is 9.65 Å². The Kier molecular flexibility index (Phi) is 5.78. The molecule has 0 amide bonds. The maximum absolute atomic E-state index is 14.6. The molecule has 8 heteroatoms. The summed E-state index contributed by atoms with van der Waals surface area (Å²) >= 11 is 0. The molecule has 1 N–H and O–H groups in total. The van der Waals surface area contributed by atoms with Gasteiger partial charge in [-0.25, -0.2) is 14.4 Å². The van der Waals surface area contributed by atoms with E-state index in [2.05, 4.69) is 57.4 Å². The zero-order valence-electron chi connectivity index (χ0n) is 20.2. The maximum Gasteiger partial charge on any atom is 0.208 e. The van der Waals surface area contributed by atoms with Crippen molar-refractivity contribution >= 4 is 11.6 Å². The summed E-state index contributed by atoms with van der Waals surface area (Å²) in [5.74, 6) is 1.72. The highest BCUT2D eigenvalue weighted by atomic mass is 19.1. The number of anilines is 1. The molecule has 0 radical (unpaired) electrons. The summed E-state index contributed by atoms with van der Waals surface area (Å²) in [6, 6.07) is 13.7. The van der Waals surface area contributed by atoms with Crippen molar-refractivity contribution in [3.8, 4) is 22.9 Å². The number of rotatable bonds is 6. The van der Waals surface area contributed by atoms with E-state index in [0.717, 1.165) is 48.0 Å². The van der Waals surface area contributed by atoms with Crippen LogP contribution in [0.3, 0.4) is 0 Å². The molecule has 2 aliphatic rings. The summed E-state index contributed by atoms with van der Waals surface area (Å²) in [6.45, 7) is 6.37. The van der Waals surface area contributed by atoms with Gasteiger partial charge in [0.15, 0.2) is 11.3 Å². The van der Waals surface area contributed by atoms with Gasteiger partial charge in [-0.3, -0.25) is 9.30 Å². The number of likely N-dealkylation sites (tertiary alicyclic amines) is 1. The molecule has 182 valence electrons. The molecule has 1 fully saturated rings. The van der Waals surface area contributed by atoms with Gasteiger partial charge in [0, 0.05) is 48.9 Å². The van der Waals surface area contributed by atoms with Gasteiger partial charge in [0.1, 0.15) is 17.6 Å². The third kappa shape index (κ3) is 4.16. The summed E-state index contributed by atoms with van der Waals surface area (Å²) < 4.78 is 22.0. The van der Waals surface area contributed by atoms with E-state index in [1.54, 1.807) is 22.9 Å². The number of nitrogens with zero attached hydrogens (tertiary/aromatic N) is 5. The minimum atomic E-state index is -0.272. The Bertz CT molecular complexity index is 1470. The van der Waals surface area contributed by atoms with Crippen LogP contribution in [0.5, 0.6) is 5.75 Å². The third-order valence-electron chi connectivity index (χ3n) is 7.15. The van der Waals surface area contributed by atoms with Gasteiger partial charge >= 0.3 is 0 Å². The second-order valence-corrected chi connectivity index (χ2v) is 9.71. The first kappa shape index (κ1) is 22.5. The van der Waals surface area contributed by atoms with Crippen LogP contribution in [-0.4, -0.2) is 39.0 Å². The molecule has 0 bridgehead atoms. The fourth-order valence-electron chi connectivity index (χ4n) is 5.26. The molecule has 7 nitrogen and oxygen atoms in total. The molecule has 1 saturated heterocycles. The molecule has 2 aromatic heterocycles. The maximum atomic E-state index is 14.6. The van der Waals surface area contributed by atoms with Crippen LogP contribution in [0.15, 0.2) is 48.8 Å². The Balaban J connectivity index is 1.28. The monoisotopic (exact) mass is 482 g/mol. The van der Waals surface area contributed by atoms with Crippen molar-refractivity contribution in [2.24, 2.45) is 5.92 Å². The number of imidazole rings is 1. The van der Waals surface area contributed by atoms with Gasteiger partial charge in [0.2, 0.25) is 5.95 Å². The van der Waals surface area contributed by atoms with Crippen LogP contribution >= 0.6 is 0 Å². The smallest absolute Gasteiger partial charge is 0.208 e. The predicted octanol–water partition coefficient (Wildman–Crippen LogP) is 4.80. The molecule has 0 saturated carbocycles. The number of hydrogen-bond acceptors (Lipinski definition) is 6. The Morgan fingerprint density at radius 1 is 1.22 bits per heavy atom. The molecule has 1 atom stereocenters. The molecule has 0 spiro atoms. The van der Waals surface area contributed by atoms with Gasteiger partial charge in [-0.1, -0.05) is 31.2 Å². The molecule has 4 aromatic rings. The topological polar surface area (TPSA) is 78.5 Å². The predicted molar refractivity (Wildman–Crippen MR) is 135 cm³/mol. The van der Waals surface area contributed by atoms with Gasteiger partial charge in [-0.05, 0) is 42.1 Å². The van der Waals surface area contributed by atoms with Gasteiger partial charge in [-0.15, -0.1) is 0 Å². The molecule has 36 heavy (non-hydrogen) atoms. The lowest BCUT2D eigenvalue weighted by Gasteiger charge is -2.16. The van der Waals surface area contributed by atoms with Crippen molar-refractivity contribution in [2.45, 2.75) is 32.9 Å². The second-order valence-electron chi connectivity index (χ2n) is 9.71. The van der Waals surface area contributed by atoms with E-state index < -0.39 is 0 Å². The number of fused-ring (bicyclic) bond motifs is 2. The highest BCUT2D eigenvalue weighted by molar-refractivity contribution is 5.78. The van der Waals surface area contributed by atoms with Crippen molar-refractivity contribution in [2.75, 3.05) is 25.0 Å². The highest BCUT2D eigenvalue weighted by Gasteiger charge is 2.21. The van der Waals surface area contributed by atoms with Gasteiger partial charge < -0.3 is 10.1 Å². The highest BCUT2D eigenvalue weighted by Crippen LogP contribution is 2.31. The summed E-state index contributed by atoms with van der Waals surface area (Å²) in [5, 5.41) is 12.7. The van der Waals surface area contributed by atoms with E-state index in [1.807, 2.05) is 0 Å². The Hall–Kier alpha value is -3.96. The zero-order valence-corrected chi connectivity index (χ0v) is 20.2. The van der Waals surface area contributed by atoms with E-state index in [-0.39, 0.29) is 12.4 Å². The van der Waals surface area contributed by atoms with Crippen molar-refractivity contribution < 1.29 is 9.13 Å². The normalized spacial score (nSPS) is 17.2. The fourth-order valence-corrected chi connectivity index (χ4v) is 5.26. The molecule has 2 aromatic carbocycles. The van der Waals surface area contributed by atoms with Gasteiger partial charge in [-0.2, -0.15) is 5.26 Å². The van der Waals surface area contributed by atoms with Crippen molar-refractivity contribution in [1.82, 2.24) is 19.3 Å². The Labute approximate surface area is 209 Å². The molecule has 1 unspecified atom stereocenters. The van der Waals surface area contributed by atoms with E-state index in [0.29, 0.717) is 35.9 Å². The van der Waals surface area contributed by atoms with Crippen LogP contribution in [-0.2, 0) is 19.5 Å². The lowest BCUT2D eigenvalue weighted by atomic mass is 10.0. The van der Waals surface area contributed by atoms with Crippen LogP contribution < -0.4 is 10.1 Å². The molecular weight excluding hydrogens is 455 g/mol. The van der Waals surface area contributed by atoms with Crippen LogP contribution in [0, 0.1) is 23.1 Å². The van der Waals surface area contributed by atoms with E-state index in [4.69, 9.17) is 4.74 Å². The molecular formula is C28H27FN6O. The number of aromatic nitrogens is 3. The van der Waals surface area contributed by atoms with Crippen molar-refractivity contribution in [1.29, 1.82) is 5.26 Å². The lowest BCUT2D eigenvalue weighted by molar-refractivity contribution is 0.320. The van der Waals surface area contributed by atoms with Gasteiger partial charge in [0.05, 0.1) is 12.8 Å². The van der Waals surface area contributed by atoms with Crippen molar-refractivity contribution in [3.63, 3.8) is 0 Å². The van der Waals surface area contributed by atoms with Crippen LogP contribution in [0.2, 0.25) is 0 Å². The van der Waals surface area contributed by atoms with Gasteiger partial charge in [0.25, 0.3) is 0 Å². The van der Waals surface area contributed by atoms with Crippen LogP contribution in [0.25, 0.3) is 16.8 Å². The standard InChI is InChI=1S/C28H27FN6O/c1-18-8-10-34(15-18)16-19-2-4-20(5-3-19)23-13-31-28(35-17-21(12-30)33-27(23)35)32-14-24-22-9-11-36-26(22)7-6-25(24)29/h2-7,13,17-18H,8-11,14-16H2,1H3,(H,31,32). The van der Waals surface area contributed by atoms with E-state index >= 15 is 0 Å².